The van der Waals surface area contributed by atoms with Crippen molar-refractivity contribution in [3.63, 3.8) is 0 Å². The first-order chi connectivity index (χ1) is 4.92. The summed E-state index contributed by atoms with van der Waals surface area (Å²) in [5.41, 5.74) is 1.87. The summed E-state index contributed by atoms with van der Waals surface area (Å²) in [5.74, 6) is -0.660. The molecular weight excluding hydrogens is 163 g/mol. The fourth-order valence-electron chi connectivity index (χ4n) is 0.345. The first-order valence-corrected chi connectivity index (χ1v) is 2.89. The van der Waals surface area contributed by atoms with Crippen molar-refractivity contribution >= 4 is 5.97 Å². The van der Waals surface area contributed by atoms with Crippen LogP contribution in [0.1, 0.15) is 13.3 Å². The zero-order valence-corrected chi connectivity index (χ0v) is 5.86. The lowest BCUT2D eigenvalue weighted by Gasteiger charge is -2.05. The van der Waals surface area contributed by atoms with E-state index in [9.17, 15) is 18.0 Å². The van der Waals surface area contributed by atoms with Crippen LogP contribution in [0.5, 0.6) is 0 Å². The van der Waals surface area contributed by atoms with Crippen LogP contribution in [0.2, 0.25) is 0 Å². The van der Waals surface area contributed by atoms with Gasteiger partial charge in [0, 0.05) is 13.5 Å². The summed E-state index contributed by atoms with van der Waals surface area (Å²) in [6.45, 7) is 0.684. The molecule has 0 aromatic carbocycles. The molecule has 0 aromatic rings. The van der Waals surface area contributed by atoms with E-state index in [1.807, 2.05) is 5.48 Å². The smallest absolute Gasteiger partial charge is 0.371 e. The minimum absolute atomic E-state index is 0.414. The second-order valence-corrected chi connectivity index (χ2v) is 1.85. The molecule has 0 spiro atoms. The number of hydrogen-bond acceptors (Lipinski definition) is 3. The number of alkyl halides is 3. The summed E-state index contributed by atoms with van der Waals surface area (Å²) in [6, 6.07) is 0. The van der Waals surface area contributed by atoms with Gasteiger partial charge in [0.15, 0.2) is 0 Å². The van der Waals surface area contributed by atoms with E-state index < -0.39 is 25.1 Å². The van der Waals surface area contributed by atoms with Gasteiger partial charge in [0.25, 0.3) is 0 Å². The molecule has 0 aliphatic carbocycles. The summed E-state index contributed by atoms with van der Waals surface area (Å²) in [4.78, 5) is 14.1. The minimum Gasteiger partial charge on any atom is -0.371 e. The Balaban J connectivity index is 3.22. The standard InChI is InChI=1S/C5H8F3NO2/c1-4(10)11-9-3-2-5(6,7)8/h9H,2-3H2,1H3. The maximum atomic E-state index is 11.4. The maximum Gasteiger partial charge on any atom is 0.390 e. The summed E-state index contributed by atoms with van der Waals surface area (Å²) >= 11 is 0. The second-order valence-electron chi connectivity index (χ2n) is 1.85. The van der Waals surface area contributed by atoms with Crippen LogP contribution in [-0.2, 0) is 9.63 Å². The fourth-order valence-corrected chi connectivity index (χ4v) is 0.345. The van der Waals surface area contributed by atoms with E-state index in [2.05, 4.69) is 4.84 Å². The van der Waals surface area contributed by atoms with Crippen LogP contribution >= 0.6 is 0 Å². The zero-order valence-electron chi connectivity index (χ0n) is 5.86. The monoisotopic (exact) mass is 171 g/mol. The number of carbonyl (C=O) groups is 1. The van der Waals surface area contributed by atoms with Gasteiger partial charge in [-0.3, -0.25) is 4.79 Å². The Labute approximate surface area is 61.5 Å². The summed E-state index contributed by atoms with van der Waals surface area (Å²) in [7, 11) is 0. The van der Waals surface area contributed by atoms with Gasteiger partial charge < -0.3 is 4.84 Å². The Morgan fingerprint density at radius 2 is 2.09 bits per heavy atom. The Morgan fingerprint density at radius 1 is 1.55 bits per heavy atom. The molecule has 0 aromatic heterocycles. The maximum absolute atomic E-state index is 11.4. The molecule has 0 saturated heterocycles. The van der Waals surface area contributed by atoms with Gasteiger partial charge in [0.1, 0.15) is 0 Å². The van der Waals surface area contributed by atoms with Gasteiger partial charge in [-0.25, -0.2) is 0 Å². The Hall–Kier alpha value is -0.780. The van der Waals surface area contributed by atoms with Crippen molar-refractivity contribution in [3.8, 4) is 0 Å². The molecule has 0 unspecified atom stereocenters. The number of carbonyl (C=O) groups excluding carboxylic acids is 1. The highest BCUT2D eigenvalue weighted by Gasteiger charge is 2.26. The highest BCUT2D eigenvalue weighted by molar-refractivity contribution is 5.65. The van der Waals surface area contributed by atoms with Gasteiger partial charge >= 0.3 is 12.1 Å². The van der Waals surface area contributed by atoms with Gasteiger partial charge in [-0.2, -0.15) is 18.7 Å². The molecular formula is C5H8F3NO2. The quantitative estimate of drug-likeness (QED) is 0.508. The molecule has 11 heavy (non-hydrogen) atoms. The molecule has 66 valence electrons. The lowest BCUT2D eigenvalue weighted by Crippen LogP contribution is -2.23. The molecule has 3 nitrogen and oxygen atoms in total. The molecule has 0 heterocycles. The van der Waals surface area contributed by atoms with E-state index in [4.69, 9.17) is 0 Å². The zero-order chi connectivity index (χ0) is 8.91. The third-order valence-corrected chi connectivity index (χ3v) is 0.726. The van der Waals surface area contributed by atoms with Crippen molar-refractivity contribution in [2.24, 2.45) is 0 Å². The Kier molecular flexibility index (Phi) is 3.88. The van der Waals surface area contributed by atoms with Gasteiger partial charge in [-0.1, -0.05) is 0 Å². The summed E-state index contributed by atoms with van der Waals surface area (Å²) < 4.78 is 34.2. The molecule has 1 N–H and O–H groups in total. The van der Waals surface area contributed by atoms with Crippen molar-refractivity contribution in [1.82, 2.24) is 5.48 Å². The van der Waals surface area contributed by atoms with Crippen molar-refractivity contribution < 1.29 is 22.8 Å². The van der Waals surface area contributed by atoms with Crippen LogP contribution in [0.3, 0.4) is 0 Å². The van der Waals surface area contributed by atoms with Crippen molar-refractivity contribution in [2.45, 2.75) is 19.5 Å². The average molecular weight is 171 g/mol. The summed E-state index contributed by atoms with van der Waals surface area (Å²) in [5, 5.41) is 0. The molecule has 0 aliphatic rings. The highest BCUT2D eigenvalue weighted by atomic mass is 19.4. The first kappa shape index (κ1) is 10.2. The van der Waals surface area contributed by atoms with Crippen molar-refractivity contribution in [2.75, 3.05) is 6.54 Å². The largest absolute Gasteiger partial charge is 0.390 e. The molecule has 0 saturated carbocycles. The third kappa shape index (κ3) is 9.22. The Bertz CT molecular complexity index is 134. The molecule has 0 radical (unpaired) electrons. The fraction of sp³-hybridized carbons (Fsp3) is 0.800. The van der Waals surface area contributed by atoms with Crippen LogP contribution in [0, 0.1) is 0 Å². The normalized spacial score (nSPS) is 11.3. The van der Waals surface area contributed by atoms with Crippen LogP contribution in [0.25, 0.3) is 0 Å². The van der Waals surface area contributed by atoms with Crippen molar-refractivity contribution in [3.05, 3.63) is 0 Å². The van der Waals surface area contributed by atoms with Gasteiger partial charge in [-0.15, -0.1) is 0 Å². The number of halogens is 3. The van der Waals surface area contributed by atoms with E-state index in [0.717, 1.165) is 6.92 Å². The lowest BCUT2D eigenvalue weighted by molar-refractivity contribution is -0.155. The van der Waals surface area contributed by atoms with Gasteiger partial charge in [0.2, 0.25) is 0 Å². The lowest BCUT2D eigenvalue weighted by atomic mass is 10.4. The molecule has 0 amide bonds. The second kappa shape index (κ2) is 4.17. The predicted molar refractivity (Wildman–Crippen MR) is 30.4 cm³/mol. The number of nitrogens with one attached hydrogen (secondary N) is 1. The van der Waals surface area contributed by atoms with Gasteiger partial charge in [0.05, 0.1) is 6.42 Å². The van der Waals surface area contributed by atoms with E-state index in [1.54, 1.807) is 0 Å². The molecule has 0 bridgehead atoms. The number of hydrogen-bond donors (Lipinski definition) is 1. The predicted octanol–water partition coefficient (Wildman–Crippen LogP) is 1.01. The van der Waals surface area contributed by atoms with E-state index >= 15 is 0 Å². The summed E-state index contributed by atoms with van der Waals surface area (Å²) in [6.07, 6.45) is -5.23. The molecule has 6 heteroatoms. The van der Waals surface area contributed by atoms with Crippen LogP contribution in [0.15, 0.2) is 0 Å². The SMILES string of the molecule is CC(=O)ONCCC(F)(F)F. The first-order valence-electron chi connectivity index (χ1n) is 2.89. The third-order valence-electron chi connectivity index (χ3n) is 0.726. The van der Waals surface area contributed by atoms with E-state index in [0.29, 0.717) is 0 Å². The molecule has 0 aliphatic heterocycles. The topological polar surface area (TPSA) is 38.3 Å². The van der Waals surface area contributed by atoms with Gasteiger partial charge in [-0.05, 0) is 0 Å². The van der Waals surface area contributed by atoms with E-state index in [-0.39, 0.29) is 0 Å². The number of hydroxylamine groups is 1. The molecule has 0 atom stereocenters. The Morgan fingerprint density at radius 3 is 2.45 bits per heavy atom. The highest BCUT2D eigenvalue weighted by Crippen LogP contribution is 2.17. The van der Waals surface area contributed by atoms with Crippen molar-refractivity contribution in [1.29, 1.82) is 0 Å². The average Bonchev–Trinajstić information content (AvgIpc) is 1.78. The van der Waals surface area contributed by atoms with Crippen LogP contribution < -0.4 is 5.48 Å². The molecule has 0 rings (SSSR count). The number of rotatable bonds is 3. The van der Waals surface area contributed by atoms with E-state index in [1.165, 1.54) is 0 Å². The minimum atomic E-state index is -4.22. The van der Waals surface area contributed by atoms with Crippen LogP contribution in [-0.4, -0.2) is 18.7 Å². The molecule has 0 fully saturated rings. The van der Waals surface area contributed by atoms with Crippen LogP contribution in [0.4, 0.5) is 13.2 Å².